The predicted octanol–water partition coefficient (Wildman–Crippen LogP) is 2.20. The van der Waals surface area contributed by atoms with Crippen LogP contribution in [0.25, 0.3) is 11.3 Å². The number of hydrazine groups is 1. The van der Waals surface area contributed by atoms with E-state index < -0.39 is 15.9 Å². The Hall–Kier alpha value is -4.42. The van der Waals surface area contributed by atoms with Gasteiger partial charge in [0.25, 0.3) is 15.9 Å². The van der Waals surface area contributed by atoms with E-state index in [1.54, 1.807) is 30.5 Å². The van der Waals surface area contributed by atoms with Gasteiger partial charge in [0.1, 0.15) is 17.2 Å². The highest BCUT2D eigenvalue weighted by molar-refractivity contribution is 7.89. The Balaban J connectivity index is 1.86. The summed E-state index contributed by atoms with van der Waals surface area (Å²) in [6.07, 6.45) is 2.74. The Labute approximate surface area is 214 Å². The Morgan fingerprint density at radius 3 is 2.32 bits per heavy atom. The molecular formula is C25H26N4O7S. The van der Waals surface area contributed by atoms with Crippen molar-refractivity contribution in [2.45, 2.75) is 11.4 Å². The van der Waals surface area contributed by atoms with Crippen molar-refractivity contribution < 1.29 is 32.2 Å². The van der Waals surface area contributed by atoms with Gasteiger partial charge in [-0.05, 0) is 54.1 Å². The number of nitrogens with zero attached hydrogens (tertiary/aromatic N) is 1. The number of hydrogen-bond acceptors (Lipinski definition) is 8. The van der Waals surface area contributed by atoms with Gasteiger partial charge >= 0.3 is 0 Å². The fourth-order valence-electron chi connectivity index (χ4n) is 3.32. The van der Waals surface area contributed by atoms with Crippen molar-refractivity contribution in [3.8, 4) is 28.5 Å². The molecule has 1 heterocycles. The molecule has 0 aliphatic heterocycles. The van der Waals surface area contributed by atoms with Crippen LogP contribution in [0.2, 0.25) is 0 Å². The molecule has 3 aromatic rings. The number of aromatic nitrogens is 1. The number of nitrogens with one attached hydrogen (secondary N) is 3. The van der Waals surface area contributed by atoms with Gasteiger partial charge in [0.05, 0.1) is 27.0 Å². The molecule has 2 amide bonds. The van der Waals surface area contributed by atoms with Crippen LogP contribution < -0.4 is 29.8 Å². The zero-order valence-electron chi connectivity index (χ0n) is 20.4. The SMILES string of the molecule is C=CC(=O)NCc1ccnc(-c2cc(OC)cc(C(=O)NNS(=O)(=O)c3c(OC)cccc3OC)c2)c1. The number of sulfonamides is 1. The molecule has 2 aromatic carbocycles. The second kappa shape index (κ2) is 12.0. The van der Waals surface area contributed by atoms with Crippen molar-refractivity contribution in [1.29, 1.82) is 0 Å². The molecule has 0 aliphatic rings. The topological polar surface area (TPSA) is 145 Å². The number of rotatable bonds is 11. The summed E-state index contributed by atoms with van der Waals surface area (Å²) in [7, 11) is -0.188. The van der Waals surface area contributed by atoms with E-state index in [9.17, 15) is 18.0 Å². The average molecular weight is 527 g/mol. The third-order valence-corrected chi connectivity index (χ3v) is 6.44. The molecule has 194 valence electrons. The lowest BCUT2D eigenvalue weighted by Crippen LogP contribution is -2.41. The first-order chi connectivity index (χ1) is 17.7. The fraction of sp³-hybridized carbons (Fsp3) is 0.160. The summed E-state index contributed by atoms with van der Waals surface area (Å²) in [6.45, 7) is 3.67. The van der Waals surface area contributed by atoms with E-state index in [1.807, 2.05) is 0 Å². The molecule has 0 saturated heterocycles. The molecule has 1 aromatic heterocycles. The van der Waals surface area contributed by atoms with E-state index in [1.165, 1.54) is 51.7 Å². The molecule has 0 atom stereocenters. The third-order valence-electron chi connectivity index (χ3n) is 5.13. The van der Waals surface area contributed by atoms with Crippen molar-refractivity contribution >= 4 is 21.8 Å². The number of carbonyl (C=O) groups is 2. The Kier molecular flexibility index (Phi) is 8.82. The molecule has 12 heteroatoms. The summed E-state index contributed by atoms with van der Waals surface area (Å²) in [4.78, 5) is 30.5. The van der Waals surface area contributed by atoms with Crippen LogP contribution in [0.5, 0.6) is 17.2 Å². The minimum Gasteiger partial charge on any atom is -0.497 e. The first kappa shape index (κ1) is 27.2. The molecule has 0 radical (unpaired) electrons. The molecule has 0 aliphatic carbocycles. The van der Waals surface area contributed by atoms with Crippen LogP contribution in [-0.4, -0.2) is 46.5 Å². The Morgan fingerprint density at radius 1 is 1.00 bits per heavy atom. The average Bonchev–Trinajstić information content (AvgIpc) is 2.93. The van der Waals surface area contributed by atoms with Crippen LogP contribution in [-0.2, 0) is 21.4 Å². The van der Waals surface area contributed by atoms with Gasteiger partial charge in [0, 0.05) is 23.9 Å². The van der Waals surface area contributed by atoms with Crippen molar-refractivity contribution in [1.82, 2.24) is 20.6 Å². The highest BCUT2D eigenvalue weighted by atomic mass is 32.2. The van der Waals surface area contributed by atoms with Crippen LogP contribution in [0.3, 0.4) is 0 Å². The first-order valence-electron chi connectivity index (χ1n) is 10.8. The van der Waals surface area contributed by atoms with Gasteiger partial charge in [0.15, 0.2) is 4.90 Å². The number of hydrogen-bond donors (Lipinski definition) is 3. The number of methoxy groups -OCH3 is 3. The third kappa shape index (κ3) is 6.63. The Bertz CT molecular complexity index is 1400. The molecule has 0 saturated carbocycles. The van der Waals surface area contributed by atoms with E-state index >= 15 is 0 Å². The normalized spacial score (nSPS) is 10.8. The predicted molar refractivity (Wildman–Crippen MR) is 136 cm³/mol. The quantitative estimate of drug-likeness (QED) is 0.255. The molecule has 37 heavy (non-hydrogen) atoms. The van der Waals surface area contributed by atoms with Crippen LogP contribution in [0.4, 0.5) is 0 Å². The molecule has 0 spiro atoms. The second-order valence-electron chi connectivity index (χ2n) is 7.47. The van der Waals surface area contributed by atoms with Gasteiger partial charge in [-0.2, -0.15) is 0 Å². The maximum Gasteiger partial charge on any atom is 0.266 e. The van der Waals surface area contributed by atoms with Gasteiger partial charge in [0.2, 0.25) is 5.91 Å². The van der Waals surface area contributed by atoms with E-state index in [0.717, 1.165) is 5.56 Å². The molecule has 0 bridgehead atoms. The second-order valence-corrected chi connectivity index (χ2v) is 9.09. The number of ether oxygens (including phenoxy) is 3. The smallest absolute Gasteiger partial charge is 0.266 e. The van der Waals surface area contributed by atoms with Crippen molar-refractivity contribution in [3.63, 3.8) is 0 Å². The zero-order valence-corrected chi connectivity index (χ0v) is 21.2. The summed E-state index contributed by atoms with van der Waals surface area (Å²) >= 11 is 0. The fourth-order valence-corrected chi connectivity index (χ4v) is 4.48. The van der Waals surface area contributed by atoms with Crippen molar-refractivity contribution in [2.24, 2.45) is 0 Å². The van der Waals surface area contributed by atoms with Gasteiger partial charge in [-0.3, -0.25) is 20.0 Å². The van der Waals surface area contributed by atoms with E-state index in [4.69, 9.17) is 14.2 Å². The summed E-state index contributed by atoms with van der Waals surface area (Å²) in [5.74, 6) is -0.622. The lowest BCUT2D eigenvalue weighted by atomic mass is 10.0. The van der Waals surface area contributed by atoms with Crippen LogP contribution in [0.15, 0.2) is 72.3 Å². The molecule has 3 N–H and O–H groups in total. The minimum absolute atomic E-state index is 0.0417. The van der Waals surface area contributed by atoms with Gasteiger partial charge in [-0.15, -0.1) is 4.83 Å². The lowest BCUT2D eigenvalue weighted by Gasteiger charge is -2.15. The van der Waals surface area contributed by atoms with Gasteiger partial charge < -0.3 is 19.5 Å². The molecule has 0 fully saturated rings. The maximum atomic E-state index is 13.0. The van der Waals surface area contributed by atoms with Crippen LogP contribution in [0, 0.1) is 0 Å². The standard InChI is InChI=1S/C25H26N4O7S/c1-5-23(30)27-15-16-9-10-26-20(11-16)17-12-18(14-19(13-17)34-2)25(31)28-29-37(32,33)24-21(35-3)7-6-8-22(24)36-4/h5-14,29H,1,15H2,2-4H3,(H,27,30)(H,28,31). The van der Waals surface area contributed by atoms with Gasteiger partial charge in [-0.1, -0.05) is 12.6 Å². The summed E-state index contributed by atoms with van der Waals surface area (Å²) in [5, 5.41) is 2.68. The number of amides is 2. The molecular weight excluding hydrogens is 500 g/mol. The largest absolute Gasteiger partial charge is 0.497 e. The summed E-state index contributed by atoms with van der Waals surface area (Å²) < 4.78 is 41.5. The van der Waals surface area contributed by atoms with E-state index in [-0.39, 0.29) is 34.4 Å². The monoisotopic (exact) mass is 526 g/mol. The Morgan fingerprint density at radius 2 is 1.70 bits per heavy atom. The molecule has 11 nitrogen and oxygen atoms in total. The van der Waals surface area contributed by atoms with Crippen LogP contribution in [0.1, 0.15) is 15.9 Å². The number of benzene rings is 2. The lowest BCUT2D eigenvalue weighted by molar-refractivity contribution is -0.116. The highest BCUT2D eigenvalue weighted by Gasteiger charge is 2.25. The summed E-state index contributed by atoms with van der Waals surface area (Å²) in [6, 6.07) is 12.6. The maximum absolute atomic E-state index is 13.0. The highest BCUT2D eigenvalue weighted by Crippen LogP contribution is 2.32. The number of carbonyl (C=O) groups excluding carboxylic acids is 2. The summed E-state index contributed by atoms with van der Waals surface area (Å²) in [5.41, 5.74) is 4.13. The minimum atomic E-state index is -4.27. The van der Waals surface area contributed by atoms with Crippen LogP contribution >= 0.6 is 0 Å². The molecule has 3 rings (SSSR count). The van der Waals surface area contributed by atoms with E-state index in [0.29, 0.717) is 17.0 Å². The van der Waals surface area contributed by atoms with Gasteiger partial charge in [-0.25, -0.2) is 8.42 Å². The zero-order chi connectivity index (χ0) is 27.0. The first-order valence-corrected chi connectivity index (χ1v) is 12.3. The van der Waals surface area contributed by atoms with Crippen molar-refractivity contribution in [2.75, 3.05) is 21.3 Å². The van der Waals surface area contributed by atoms with Crippen molar-refractivity contribution in [3.05, 3.63) is 78.5 Å². The number of pyridine rings is 1. The molecule has 0 unspecified atom stereocenters. The van der Waals surface area contributed by atoms with E-state index in [2.05, 4.69) is 27.1 Å².